The summed E-state index contributed by atoms with van der Waals surface area (Å²) in [6.45, 7) is 7.65. The van der Waals surface area contributed by atoms with Crippen LogP contribution < -0.4 is 15.0 Å². The number of aryl methyl sites for hydroxylation is 2. The molecule has 0 spiro atoms. The second-order valence-electron chi connectivity index (χ2n) is 9.32. The zero-order valence-corrected chi connectivity index (χ0v) is 23.9. The summed E-state index contributed by atoms with van der Waals surface area (Å²) < 4.78 is 12.3. The predicted molar refractivity (Wildman–Crippen MR) is 149 cm³/mol. The Labute approximate surface area is 234 Å². The highest BCUT2D eigenvalue weighted by molar-refractivity contribution is 9.10. The van der Waals surface area contributed by atoms with Crippen molar-refractivity contribution in [1.82, 2.24) is 25.4 Å². The maximum absolute atomic E-state index is 10.1. The summed E-state index contributed by atoms with van der Waals surface area (Å²) in [5, 5.41) is 17.6. The molecule has 3 aromatic heterocycles. The molecular weight excluding hydrogens is 572 g/mol. The summed E-state index contributed by atoms with van der Waals surface area (Å²) in [7, 11) is 1.78. The summed E-state index contributed by atoms with van der Waals surface area (Å²) in [6, 6.07) is 7.41. The number of fused-ring (bicyclic) bond motifs is 1. The van der Waals surface area contributed by atoms with Gasteiger partial charge in [0, 0.05) is 34.9 Å². The molecule has 0 aliphatic carbocycles. The molecule has 1 unspecified atom stereocenters. The molecule has 5 rings (SSSR count). The van der Waals surface area contributed by atoms with Crippen molar-refractivity contribution >= 4 is 33.3 Å². The molecule has 9 nitrogen and oxygen atoms in total. The third kappa shape index (κ3) is 5.26. The number of nitrogens with zero attached hydrogens (tertiary/aromatic N) is 5. The Morgan fingerprint density at radius 2 is 2.03 bits per heavy atom. The van der Waals surface area contributed by atoms with Gasteiger partial charge in [-0.3, -0.25) is 4.98 Å². The van der Waals surface area contributed by atoms with Crippen molar-refractivity contribution in [1.29, 1.82) is 0 Å². The quantitative estimate of drug-likeness (QED) is 0.289. The first-order chi connectivity index (χ1) is 18.2. The first kappa shape index (κ1) is 26.6. The topological polar surface area (TPSA) is 109 Å². The van der Waals surface area contributed by atoms with Gasteiger partial charge >= 0.3 is 0 Å². The van der Waals surface area contributed by atoms with E-state index in [1.54, 1.807) is 25.2 Å². The van der Waals surface area contributed by atoms with Crippen LogP contribution in [0.25, 0.3) is 22.6 Å². The van der Waals surface area contributed by atoms with Crippen LogP contribution in [0.2, 0.25) is 5.02 Å². The Morgan fingerprint density at radius 3 is 2.76 bits per heavy atom. The van der Waals surface area contributed by atoms with E-state index in [1.165, 1.54) is 0 Å². The fraction of sp³-hybridized carbons (Fsp3) is 0.333. The van der Waals surface area contributed by atoms with E-state index in [0.717, 1.165) is 44.1 Å². The molecule has 1 aliphatic heterocycles. The van der Waals surface area contributed by atoms with E-state index in [4.69, 9.17) is 30.8 Å². The SMILES string of the molecule is CNCC(O)COc1ccc(Cl)c(-c2nc(-c3c(C)noc3C)c(C)c(N3Cc4cc(Br)cnc4C3)n2)c1. The third-order valence-electron chi connectivity index (χ3n) is 6.48. The van der Waals surface area contributed by atoms with Crippen LogP contribution in [0.15, 0.2) is 39.5 Å². The van der Waals surface area contributed by atoms with E-state index in [0.29, 0.717) is 47.6 Å². The number of aliphatic hydroxyl groups excluding tert-OH is 1. The number of rotatable bonds is 8. The van der Waals surface area contributed by atoms with Crippen LogP contribution >= 0.6 is 27.5 Å². The number of nitrogens with one attached hydrogen (secondary N) is 1. The predicted octanol–water partition coefficient (Wildman–Crippen LogP) is 5.01. The van der Waals surface area contributed by atoms with Crippen molar-refractivity contribution in [2.75, 3.05) is 25.1 Å². The zero-order valence-electron chi connectivity index (χ0n) is 21.5. The Morgan fingerprint density at radius 1 is 1.21 bits per heavy atom. The highest BCUT2D eigenvalue weighted by Crippen LogP contribution is 2.39. The van der Waals surface area contributed by atoms with Crippen LogP contribution in [0, 0.1) is 20.8 Å². The highest BCUT2D eigenvalue weighted by Gasteiger charge is 2.28. The smallest absolute Gasteiger partial charge is 0.163 e. The molecule has 2 N–H and O–H groups in total. The van der Waals surface area contributed by atoms with Gasteiger partial charge in [-0.1, -0.05) is 16.8 Å². The van der Waals surface area contributed by atoms with Gasteiger partial charge in [0.1, 0.15) is 30.0 Å². The second kappa shape index (κ2) is 11.0. The molecule has 0 radical (unpaired) electrons. The highest BCUT2D eigenvalue weighted by atomic mass is 79.9. The van der Waals surface area contributed by atoms with Gasteiger partial charge in [0.2, 0.25) is 0 Å². The Balaban J connectivity index is 1.60. The lowest BCUT2D eigenvalue weighted by Gasteiger charge is -2.22. The molecule has 0 saturated carbocycles. The van der Waals surface area contributed by atoms with Gasteiger partial charge in [0.25, 0.3) is 0 Å². The molecule has 1 atom stereocenters. The number of ether oxygens (including phenoxy) is 1. The first-order valence-corrected chi connectivity index (χ1v) is 13.4. The molecule has 0 amide bonds. The number of likely N-dealkylation sites (N-methyl/N-ethyl adjacent to an activating group) is 1. The lowest BCUT2D eigenvalue weighted by molar-refractivity contribution is 0.108. The fourth-order valence-corrected chi connectivity index (χ4v) is 5.21. The minimum atomic E-state index is -0.641. The molecule has 4 heterocycles. The van der Waals surface area contributed by atoms with E-state index >= 15 is 0 Å². The maximum atomic E-state index is 10.1. The van der Waals surface area contributed by atoms with Gasteiger partial charge in [-0.2, -0.15) is 0 Å². The van der Waals surface area contributed by atoms with Crippen LogP contribution in [0.4, 0.5) is 5.82 Å². The number of aliphatic hydroxyl groups is 1. The summed E-state index contributed by atoms with van der Waals surface area (Å²) >= 11 is 10.2. The molecule has 0 saturated heterocycles. The van der Waals surface area contributed by atoms with Crippen LogP contribution in [0.1, 0.15) is 28.3 Å². The van der Waals surface area contributed by atoms with E-state index in [1.807, 2.05) is 27.0 Å². The minimum Gasteiger partial charge on any atom is -0.491 e. The Hall–Kier alpha value is -3.05. The van der Waals surface area contributed by atoms with E-state index in [2.05, 4.69) is 42.4 Å². The molecular formula is C27H28BrClN6O3. The standard InChI is InChI=1S/C27H28BrClN6O3/c1-14-25(24-15(2)34-38-16(24)3)32-26(21-8-20(5-6-22(21)29)37-13-19(36)10-30-4)33-27(14)35-11-17-7-18(28)9-31-23(17)12-35/h5-9,19,30,36H,10-13H2,1-4H3. The van der Waals surface area contributed by atoms with Gasteiger partial charge in [-0.25, -0.2) is 9.97 Å². The van der Waals surface area contributed by atoms with Gasteiger partial charge < -0.3 is 24.6 Å². The van der Waals surface area contributed by atoms with Crippen molar-refractivity contribution < 1.29 is 14.4 Å². The van der Waals surface area contributed by atoms with Crippen LogP contribution in [-0.4, -0.2) is 51.5 Å². The molecule has 1 aliphatic rings. The number of hydrogen-bond donors (Lipinski definition) is 2. The van der Waals surface area contributed by atoms with Crippen molar-refractivity contribution in [3.8, 4) is 28.4 Å². The average molecular weight is 600 g/mol. The first-order valence-electron chi connectivity index (χ1n) is 12.2. The van der Waals surface area contributed by atoms with E-state index < -0.39 is 6.10 Å². The minimum absolute atomic E-state index is 0.140. The number of hydrogen-bond acceptors (Lipinski definition) is 9. The summed E-state index contributed by atoms with van der Waals surface area (Å²) in [4.78, 5) is 16.8. The molecule has 198 valence electrons. The Bertz CT molecular complexity index is 1470. The fourth-order valence-electron chi connectivity index (χ4n) is 4.63. The number of halogens is 2. The molecule has 4 aromatic rings. The normalized spacial score (nSPS) is 13.6. The van der Waals surface area contributed by atoms with Crippen LogP contribution in [0.3, 0.4) is 0 Å². The lowest BCUT2D eigenvalue weighted by atomic mass is 10.0. The van der Waals surface area contributed by atoms with Crippen LogP contribution in [0.5, 0.6) is 5.75 Å². The monoisotopic (exact) mass is 598 g/mol. The van der Waals surface area contributed by atoms with Crippen molar-refractivity contribution in [3.05, 3.63) is 68.2 Å². The number of anilines is 1. The lowest BCUT2D eigenvalue weighted by Crippen LogP contribution is -2.29. The number of pyridine rings is 1. The van der Waals surface area contributed by atoms with Gasteiger partial charge in [0.15, 0.2) is 5.82 Å². The van der Waals surface area contributed by atoms with Crippen molar-refractivity contribution in [2.24, 2.45) is 0 Å². The largest absolute Gasteiger partial charge is 0.491 e. The molecule has 11 heteroatoms. The maximum Gasteiger partial charge on any atom is 0.163 e. The summed E-state index contributed by atoms with van der Waals surface area (Å²) in [6.07, 6.45) is 1.17. The zero-order chi connectivity index (χ0) is 27.0. The van der Waals surface area contributed by atoms with Gasteiger partial charge in [-0.15, -0.1) is 0 Å². The average Bonchev–Trinajstić information content (AvgIpc) is 3.46. The van der Waals surface area contributed by atoms with Crippen molar-refractivity contribution in [3.63, 3.8) is 0 Å². The molecule has 0 bridgehead atoms. The Kier molecular flexibility index (Phi) is 7.67. The summed E-state index contributed by atoms with van der Waals surface area (Å²) in [5.41, 5.74) is 6.01. The molecule has 0 fully saturated rings. The number of benzene rings is 1. The summed E-state index contributed by atoms with van der Waals surface area (Å²) in [5.74, 6) is 2.48. The van der Waals surface area contributed by atoms with Gasteiger partial charge in [-0.05, 0) is 73.6 Å². The molecule has 38 heavy (non-hydrogen) atoms. The third-order valence-corrected chi connectivity index (χ3v) is 7.24. The second-order valence-corrected chi connectivity index (χ2v) is 10.6. The number of aromatic nitrogens is 4. The molecule has 1 aromatic carbocycles. The van der Waals surface area contributed by atoms with Crippen molar-refractivity contribution in [2.45, 2.75) is 40.0 Å². The van der Waals surface area contributed by atoms with E-state index in [-0.39, 0.29) is 6.61 Å². The van der Waals surface area contributed by atoms with Crippen LogP contribution in [-0.2, 0) is 13.1 Å². The van der Waals surface area contributed by atoms with E-state index in [9.17, 15) is 5.11 Å². The van der Waals surface area contributed by atoms with Gasteiger partial charge in [0.05, 0.1) is 34.2 Å².